The molecule has 0 spiro atoms. The molecule has 0 fully saturated rings. The molecule has 0 radical (unpaired) electrons. The smallest absolute Gasteiger partial charge is 0.407 e. The molecule has 1 amide bonds. The highest BCUT2D eigenvalue weighted by Crippen LogP contribution is 2.18. The first kappa shape index (κ1) is 16.5. The van der Waals surface area contributed by atoms with Crippen molar-refractivity contribution in [3.63, 3.8) is 0 Å². The monoisotopic (exact) mass is 313 g/mol. The highest BCUT2D eigenvalue weighted by molar-refractivity contribution is 5.72. The van der Waals surface area contributed by atoms with Crippen molar-refractivity contribution in [2.45, 2.75) is 26.0 Å². The van der Waals surface area contributed by atoms with Gasteiger partial charge in [-0.1, -0.05) is 60.2 Å². The number of aryl methyl sites for hydroxylation is 1. The number of rotatable bonds is 6. The summed E-state index contributed by atoms with van der Waals surface area (Å²) in [6, 6.07) is 16.0. The molecule has 0 bridgehead atoms. The molecular weight excluding hydrogens is 294 g/mol. The van der Waals surface area contributed by atoms with Crippen LogP contribution in [-0.4, -0.2) is 17.2 Å². The van der Waals surface area contributed by atoms with E-state index in [1.54, 1.807) is 12.1 Å². The van der Waals surface area contributed by atoms with Crippen molar-refractivity contribution in [2.24, 2.45) is 0 Å². The third kappa shape index (κ3) is 5.47. The number of carboxylic acid groups (broad SMARTS) is 1. The molecular formula is C18H19NO4. The van der Waals surface area contributed by atoms with Crippen molar-refractivity contribution >= 4 is 12.1 Å². The van der Waals surface area contributed by atoms with Gasteiger partial charge >= 0.3 is 12.1 Å². The SMILES string of the molecule is Cc1ccc(C(CC(=O)O)NC(=O)OCc2ccccc2)cc1. The highest BCUT2D eigenvalue weighted by atomic mass is 16.5. The Morgan fingerprint density at radius 3 is 2.35 bits per heavy atom. The maximum atomic E-state index is 11.9. The number of amides is 1. The first-order chi connectivity index (χ1) is 11.0. The summed E-state index contributed by atoms with van der Waals surface area (Å²) in [6.07, 6.45) is -0.843. The molecule has 1 unspecified atom stereocenters. The molecule has 2 N–H and O–H groups in total. The molecule has 2 aromatic rings. The summed E-state index contributed by atoms with van der Waals surface area (Å²) < 4.78 is 5.14. The van der Waals surface area contributed by atoms with Gasteiger partial charge in [-0.2, -0.15) is 0 Å². The summed E-state index contributed by atoms with van der Waals surface area (Å²) in [4.78, 5) is 22.9. The van der Waals surface area contributed by atoms with Crippen LogP contribution in [0.5, 0.6) is 0 Å². The maximum absolute atomic E-state index is 11.9. The first-order valence-electron chi connectivity index (χ1n) is 7.30. The summed E-state index contributed by atoms with van der Waals surface area (Å²) in [5.41, 5.74) is 2.66. The zero-order valence-corrected chi connectivity index (χ0v) is 12.9. The van der Waals surface area contributed by atoms with E-state index in [4.69, 9.17) is 9.84 Å². The molecule has 23 heavy (non-hydrogen) atoms. The lowest BCUT2D eigenvalue weighted by atomic mass is 10.0. The lowest BCUT2D eigenvalue weighted by Crippen LogP contribution is -2.30. The number of benzene rings is 2. The van der Waals surface area contributed by atoms with Crippen LogP contribution in [0.2, 0.25) is 0 Å². The van der Waals surface area contributed by atoms with Crippen LogP contribution in [0.3, 0.4) is 0 Å². The van der Waals surface area contributed by atoms with Gasteiger partial charge in [0.05, 0.1) is 12.5 Å². The quantitative estimate of drug-likeness (QED) is 0.856. The van der Waals surface area contributed by atoms with Gasteiger partial charge in [-0.05, 0) is 18.1 Å². The van der Waals surface area contributed by atoms with E-state index in [9.17, 15) is 9.59 Å². The number of nitrogens with one attached hydrogen (secondary N) is 1. The highest BCUT2D eigenvalue weighted by Gasteiger charge is 2.18. The number of hydrogen-bond acceptors (Lipinski definition) is 3. The number of carbonyl (C=O) groups is 2. The van der Waals surface area contributed by atoms with Gasteiger partial charge in [-0.3, -0.25) is 4.79 Å². The van der Waals surface area contributed by atoms with Crippen LogP contribution < -0.4 is 5.32 Å². The zero-order chi connectivity index (χ0) is 16.7. The topological polar surface area (TPSA) is 75.6 Å². The van der Waals surface area contributed by atoms with E-state index < -0.39 is 18.1 Å². The largest absolute Gasteiger partial charge is 0.481 e. The Morgan fingerprint density at radius 1 is 1.09 bits per heavy atom. The van der Waals surface area contributed by atoms with E-state index in [2.05, 4.69) is 5.32 Å². The second kappa shape index (κ2) is 7.98. The third-order valence-corrected chi connectivity index (χ3v) is 3.36. The fourth-order valence-electron chi connectivity index (χ4n) is 2.13. The normalized spacial score (nSPS) is 11.5. The minimum absolute atomic E-state index is 0.139. The predicted molar refractivity (Wildman–Crippen MR) is 85.9 cm³/mol. The fraction of sp³-hybridized carbons (Fsp3) is 0.222. The van der Waals surface area contributed by atoms with Gasteiger partial charge < -0.3 is 15.2 Å². The summed E-state index contributed by atoms with van der Waals surface area (Å²) >= 11 is 0. The molecule has 2 rings (SSSR count). The zero-order valence-electron chi connectivity index (χ0n) is 12.9. The van der Waals surface area contributed by atoms with Crippen LogP contribution in [0.1, 0.15) is 29.2 Å². The molecule has 1 atom stereocenters. The molecule has 0 heterocycles. The van der Waals surface area contributed by atoms with E-state index >= 15 is 0 Å². The maximum Gasteiger partial charge on any atom is 0.407 e. The second-order valence-electron chi connectivity index (χ2n) is 5.27. The molecule has 0 saturated carbocycles. The predicted octanol–water partition coefficient (Wildman–Crippen LogP) is 3.44. The van der Waals surface area contributed by atoms with Gasteiger partial charge in [0.25, 0.3) is 0 Å². The standard InChI is InChI=1S/C18H19NO4/c1-13-7-9-15(10-8-13)16(11-17(20)21)19-18(22)23-12-14-5-3-2-4-6-14/h2-10,16H,11-12H2,1H3,(H,19,22)(H,20,21). The van der Waals surface area contributed by atoms with Gasteiger partial charge in [-0.25, -0.2) is 4.79 Å². The molecule has 5 nitrogen and oxygen atoms in total. The number of aliphatic carboxylic acids is 1. The molecule has 5 heteroatoms. The van der Waals surface area contributed by atoms with Crippen molar-refractivity contribution in [1.82, 2.24) is 5.32 Å². The van der Waals surface area contributed by atoms with Crippen LogP contribution in [0.15, 0.2) is 54.6 Å². The van der Waals surface area contributed by atoms with Crippen molar-refractivity contribution in [3.8, 4) is 0 Å². The Kier molecular flexibility index (Phi) is 5.74. The van der Waals surface area contributed by atoms with E-state index in [0.29, 0.717) is 0 Å². The molecule has 0 aliphatic carbocycles. The van der Waals surface area contributed by atoms with E-state index in [1.165, 1.54) is 0 Å². The number of hydrogen-bond donors (Lipinski definition) is 2. The summed E-state index contributed by atoms with van der Waals surface area (Å²) in [5, 5.41) is 11.6. The molecule has 2 aromatic carbocycles. The van der Waals surface area contributed by atoms with E-state index in [-0.39, 0.29) is 13.0 Å². The molecule has 0 saturated heterocycles. The Bertz CT molecular complexity index is 652. The van der Waals surface area contributed by atoms with Crippen molar-refractivity contribution in [2.75, 3.05) is 0 Å². The second-order valence-corrected chi connectivity index (χ2v) is 5.27. The average molecular weight is 313 g/mol. The summed E-state index contributed by atoms with van der Waals surface area (Å²) in [5.74, 6) is -0.987. The van der Waals surface area contributed by atoms with Crippen molar-refractivity contribution in [3.05, 3.63) is 71.3 Å². The van der Waals surface area contributed by atoms with Gasteiger partial charge in [0.1, 0.15) is 6.61 Å². The number of alkyl carbamates (subject to hydrolysis) is 1. The minimum Gasteiger partial charge on any atom is -0.481 e. The van der Waals surface area contributed by atoms with Crippen LogP contribution in [-0.2, 0) is 16.1 Å². The Morgan fingerprint density at radius 2 is 1.74 bits per heavy atom. The van der Waals surface area contributed by atoms with Gasteiger partial charge in [-0.15, -0.1) is 0 Å². The molecule has 0 aliphatic rings. The lowest BCUT2D eigenvalue weighted by molar-refractivity contribution is -0.137. The van der Waals surface area contributed by atoms with Crippen molar-refractivity contribution in [1.29, 1.82) is 0 Å². The number of carbonyl (C=O) groups excluding carboxylic acids is 1. The Balaban J connectivity index is 1.98. The Hall–Kier alpha value is -2.82. The van der Waals surface area contributed by atoms with Crippen LogP contribution in [0.25, 0.3) is 0 Å². The molecule has 0 aliphatic heterocycles. The lowest BCUT2D eigenvalue weighted by Gasteiger charge is -2.17. The first-order valence-corrected chi connectivity index (χ1v) is 7.30. The van der Waals surface area contributed by atoms with Gasteiger partial charge in [0, 0.05) is 0 Å². The van der Waals surface area contributed by atoms with E-state index in [0.717, 1.165) is 16.7 Å². The third-order valence-electron chi connectivity index (χ3n) is 3.36. The fourth-order valence-corrected chi connectivity index (χ4v) is 2.13. The average Bonchev–Trinajstić information content (AvgIpc) is 2.53. The summed E-state index contributed by atoms with van der Waals surface area (Å²) in [6.45, 7) is 2.08. The van der Waals surface area contributed by atoms with Crippen molar-refractivity contribution < 1.29 is 19.4 Å². The van der Waals surface area contributed by atoms with Gasteiger partial charge in [0.15, 0.2) is 0 Å². The van der Waals surface area contributed by atoms with Gasteiger partial charge in [0.2, 0.25) is 0 Å². The van der Waals surface area contributed by atoms with E-state index in [1.807, 2.05) is 49.4 Å². The van der Waals surface area contributed by atoms with Crippen LogP contribution in [0, 0.1) is 6.92 Å². The molecule has 0 aromatic heterocycles. The van der Waals surface area contributed by atoms with Crippen LogP contribution in [0.4, 0.5) is 4.79 Å². The number of ether oxygens (including phenoxy) is 1. The number of carboxylic acids is 1. The van der Waals surface area contributed by atoms with Crippen LogP contribution >= 0.6 is 0 Å². The molecule has 120 valence electrons. The summed E-state index contributed by atoms with van der Waals surface area (Å²) in [7, 11) is 0. The minimum atomic E-state index is -0.987. The Labute approximate surface area is 134 Å².